The first kappa shape index (κ1) is 49.4. The SMILES string of the molecule is NCCOCCOCCOCCOCCOCC(=O)O.O=C(O)COCCOCCOCCOCCOCCNC(=O)OCC1c2ccccc2-c2ccccc21. The predicted molar refractivity (Wildman–Crippen MR) is 206 cm³/mol. The molecule has 1 aliphatic carbocycles. The van der Waals surface area contributed by atoms with E-state index >= 15 is 0 Å². The van der Waals surface area contributed by atoms with E-state index in [4.69, 9.17) is 68.1 Å². The van der Waals surface area contributed by atoms with Gasteiger partial charge in [-0.15, -0.1) is 0 Å². The quantitative estimate of drug-likeness (QED) is 0.0727. The van der Waals surface area contributed by atoms with Gasteiger partial charge in [0.1, 0.15) is 19.8 Å². The van der Waals surface area contributed by atoms with Crippen LogP contribution in [0.4, 0.5) is 4.79 Å². The molecule has 18 nitrogen and oxygen atoms in total. The van der Waals surface area contributed by atoms with Crippen molar-refractivity contribution in [3.63, 3.8) is 0 Å². The maximum Gasteiger partial charge on any atom is 0.407 e. The average molecular weight is 813 g/mol. The van der Waals surface area contributed by atoms with Gasteiger partial charge in [0, 0.05) is 19.0 Å². The number of nitrogens with one attached hydrogen (secondary N) is 1. The van der Waals surface area contributed by atoms with Crippen molar-refractivity contribution in [1.29, 1.82) is 0 Å². The van der Waals surface area contributed by atoms with Gasteiger partial charge in [-0.1, -0.05) is 48.5 Å². The third kappa shape index (κ3) is 25.2. The topological polar surface area (TPSA) is 231 Å². The second kappa shape index (κ2) is 34.3. The Bertz CT molecular complexity index is 1290. The fourth-order valence-corrected chi connectivity index (χ4v) is 5.04. The number of fused-ring (bicyclic) bond motifs is 3. The fourth-order valence-electron chi connectivity index (χ4n) is 5.04. The normalized spacial score (nSPS) is 11.7. The Hall–Kier alpha value is -3.79. The van der Waals surface area contributed by atoms with E-state index in [9.17, 15) is 14.4 Å². The first-order chi connectivity index (χ1) is 27.9. The molecule has 0 aliphatic heterocycles. The van der Waals surface area contributed by atoms with Crippen LogP contribution in [0.3, 0.4) is 0 Å². The van der Waals surface area contributed by atoms with Crippen LogP contribution in [0, 0.1) is 0 Å². The second-order valence-corrected chi connectivity index (χ2v) is 11.8. The summed E-state index contributed by atoms with van der Waals surface area (Å²) in [4.78, 5) is 32.5. The molecule has 5 N–H and O–H groups in total. The Morgan fingerprint density at radius 2 is 0.825 bits per heavy atom. The van der Waals surface area contributed by atoms with Crippen molar-refractivity contribution in [1.82, 2.24) is 5.32 Å². The molecular formula is C39H60N2O16. The zero-order valence-corrected chi connectivity index (χ0v) is 32.6. The summed E-state index contributed by atoms with van der Waals surface area (Å²) in [5.41, 5.74) is 10.0. The molecular weight excluding hydrogens is 752 g/mol. The first-order valence-corrected chi connectivity index (χ1v) is 18.9. The molecule has 18 heteroatoms. The van der Waals surface area contributed by atoms with Gasteiger partial charge >= 0.3 is 18.0 Å². The number of hydrogen-bond acceptors (Lipinski definition) is 15. The molecule has 0 radical (unpaired) electrons. The molecule has 0 heterocycles. The van der Waals surface area contributed by atoms with Crippen molar-refractivity contribution in [3.05, 3.63) is 59.7 Å². The highest BCUT2D eigenvalue weighted by atomic mass is 16.6. The Balaban J connectivity index is 0.000000476. The summed E-state index contributed by atoms with van der Waals surface area (Å²) in [5, 5.41) is 19.4. The van der Waals surface area contributed by atoms with Crippen LogP contribution in [0.5, 0.6) is 0 Å². The third-order valence-electron chi connectivity index (χ3n) is 7.55. The van der Waals surface area contributed by atoms with E-state index in [1.54, 1.807) is 0 Å². The van der Waals surface area contributed by atoms with Gasteiger partial charge in [-0.25, -0.2) is 14.4 Å². The molecule has 2 aromatic rings. The van der Waals surface area contributed by atoms with Crippen LogP contribution < -0.4 is 11.1 Å². The number of hydrogen-bond donors (Lipinski definition) is 4. The molecule has 3 rings (SSSR count). The van der Waals surface area contributed by atoms with Crippen LogP contribution in [0.2, 0.25) is 0 Å². The second-order valence-electron chi connectivity index (χ2n) is 11.8. The molecule has 2 aromatic carbocycles. The predicted octanol–water partition coefficient (Wildman–Crippen LogP) is 1.81. The summed E-state index contributed by atoms with van der Waals surface area (Å²) in [7, 11) is 0. The van der Waals surface area contributed by atoms with Crippen molar-refractivity contribution in [2.45, 2.75) is 5.92 Å². The molecule has 1 amide bonds. The summed E-state index contributed by atoms with van der Waals surface area (Å²) < 4.78 is 57.4. The summed E-state index contributed by atoms with van der Waals surface area (Å²) in [5.74, 6) is -1.95. The molecule has 322 valence electrons. The molecule has 1 aliphatic rings. The Morgan fingerprint density at radius 1 is 0.491 bits per heavy atom. The number of nitrogens with two attached hydrogens (primary N) is 1. The molecule has 0 unspecified atom stereocenters. The van der Waals surface area contributed by atoms with Gasteiger partial charge in [-0.05, 0) is 22.3 Å². The van der Waals surface area contributed by atoms with Gasteiger partial charge in [-0.2, -0.15) is 0 Å². The number of rotatable bonds is 35. The number of carbonyl (C=O) groups is 3. The number of alkyl carbamates (subject to hydrolysis) is 1. The molecule has 0 spiro atoms. The van der Waals surface area contributed by atoms with Gasteiger partial charge < -0.3 is 73.4 Å². The fraction of sp³-hybridized carbons (Fsp3) is 0.615. The molecule has 0 fully saturated rings. The minimum absolute atomic E-state index is 0.0353. The van der Waals surface area contributed by atoms with Gasteiger partial charge in [0.05, 0.1) is 119 Å². The van der Waals surface area contributed by atoms with E-state index in [1.807, 2.05) is 24.3 Å². The molecule has 0 bridgehead atoms. The van der Waals surface area contributed by atoms with E-state index in [-0.39, 0.29) is 39.0 Å². The monoisotopic (exact) mass is 812 g/mol. The summed E-state index contributed by atoms with van der Waals surface area (Å²) in [6, 6.07) is 16.4. The lowest BCUT2D eigenvalue weighted by molar-refractivity contribution is -0.143. The zero-order chi connectivity index (χ0) is 41.0. The minimum atomic E-state index is -1.00. The van der Waals surface area contributed by atoms with Gasteiger partial charge in [0.25, 0.3) is 0 Å². The molecule has 57 heavy (non-hydrogen) atoms. The number of amides is 1. The summed E-state index contributed by atoms with van der Waals surface area (Å²) >= 11 is 0. The summed E-state index contributed by atoms with van der Waals surface area (Å²) in [6.07, 6.45) is -0.462. The lowest BCUT2D eigenvalue weighted by Crippen LogP contribution is -2.29. The highest BCUT2D eigenvalue weighted by Gasteiger charge is 2.28. The van der Waals surface area contributed by atoms with Crippen molar-refractivity contribution < 1.29 is 76.7 Å². The zero-order valence-electron chi connectivity index (χ0n) is 32.6. The Morgan fingerprint density at radius 3 is 1.19 bits per heavy atom. The standard InChI is InChI=1S/C27H35NO9.C12H25NO7/c29-26(30)20-36-18-17-35-16-15-34-14-13-33-12-11-32-10-9-28-27(31)37-19-25-23-7-3-1-5-21(23)22-6-2-4-8-24(22)25;13-1-2-16-3-4-17-5-6-18-7-8-19-9-10-20-11-12(14)15/h1-8,25H,9-20H2,(H,28,31)(H,29,30);1-11,13H2,(H,14,15). The maximum atomic E-state index is 12.1. The number of carboxylic acid groups (broad SMARTS) is 2. The van der Waals surface area contributed by atoms with E-state index < -0.39 is 18.0 Å². The van der Waals surface area contributed by atoms with Gasteiger partial charge in [-0.3, -0.25) is 0 Å². The van der Waals surface area contributed by atoms with E-state index in [2.05, 4.69) is 29.6 Å². The lowest BCUT2D eigenvalue weighted by atomic mass is 9.98. The Labute approximate surface area is 334 Å². The highest BCUT2D eigenvalue weighted by molar-refractivity contribution is 5.79. The van der Waals surface area contributed by atoms with Crippen LogP contribution in [0.1, 0.15) is 17.0 Å². The minimum Gasteiger partial charge on any atom is -0.480 e. The van der Waals surface area contributed by atoms with Crippen molar-refractivity contribution in [2.75, 3.05) is 152 Å². The van der Waals surface area contributed by atoms with E-state index in [1.165, 1.54) is 22.3 Å². The number of carboxylic acids is 2. The lowest BCUT2D eigenvalue weighted by Gasteiger charge is -2.14. The molecule has 0 saturated carbocycles. The summed E-state index contributed by atoms with van der Waals surface area (Å²) in [6.45, 7) is 8.09. The van der Waals surface area contributed by atoms with Crippen molar-refractivity contribution >= 4 is 18.0 Å². The smallest absolute Gasteiger partial charge is 0.407 e. The molecule has 0 atom stereocenters. The molecule has 0 aromatic heterocycles. The third-order valence-corrected chi connectivity index (χ3v) is 7.55. The Kier molecular flexibility index (Phi) is 29.7. The number of ether oxygens (including phenoxy) is 11. The van der Waals surface area contributed by atoms with Crippen LogP contribution >= 0.6 is 0 Å². The van der Waals surface area contributed by atoms with Gasteiger partial charge in [0.2, 0.25) is 0 Å². The largest absolute Gasteiger partial charge is 0.480 e. The van der Waals surface area contributed by atoms with Gasteiger partial charge in [0.15, 0.2) is 0 Å². The average Bonchev–Trinajstić information content (AvgIpc) is 3.53. The van der Waals surface area contributed by atoms with Crippen LogP contribution in [-0.2, 0) is 61.7 Å². The van der Waals surface area contributed by atoms with Crippen molar-refractivity contribution in [3.8, 4) is 11.1 Å². The molecule has 0 saturated heterocycles. The van der Waals surface area contributed by atoms with E-state index in [0.717, 1.165) is 0 Å². The first-order valence-electron chi connectivity index (χ1n) is 18.9. The van der Waals surface area contributed by atoms with Crippen LogP contribution in [0.15, 0.2) is 48.5 Å². The van der Waals surface area contributed by atoms with Crippen LogP contribution in [0.25, 0.3) is 11.1 Å². The van der Waals surface area contributed by atoms with Crippen LogP contribution in [-0.4, -0.2) is 180 Å². The number of carbonyl (C=O) groups excluding carboxylic acids is 1. The van der Waals surface area contributed by atoms with E-state index in [0.29, 0.717) is 119 Å². The number of benzene rings is 2. The maximum absolute atomic E-state index is 12.1. The van der Waals surface area contributed by atoms with Crippen molar-refractivity contribution in [2.24, 2.45) is 5.73 Å². The number of aliphatic carboxylic acids is 2. The highest BCUT2D eigenvalue weighted by Crippen LogP contribution is 2.44.